The van der Waals surface area contributed by atoms with Crippen molar-refractivity contribution in [2.24, 2.45) is 5.50 Å². The third-order valence-corrected chi connectivity index (χ3v) is 1.53. The Balaban J connectivity index is 0. The van der Waals surface area contributed by atoms with Gasteiger partial charge in [0.25, 0.3) is 0 Å². The van der Waals surface area contributed by atoms with Crippen molar-refractivity contribution in [2.45, 2.75) is 0 Å². The third-order valence-electron chi connectivity index (χ3n) is 0.509. The molecule has 2 N–H and O–H groups in total. The summed E-state index contributed by atoms with van der Waals surface area (Å²) in [4.78, 5) is 0. The molecule has 0 aliphatic rings. The topological polar surface area (TPSA) is 61.5 Å². The molecule has 0 aliphatic heterocycles. The van der Waals surface area contributed by atoms with E-state index < -0.39 is 7.75 Å². The van der Waals surface area contributed by atoms with Crippen molar-refractivity contribution in [3.63, 3.8) is 0 Å². The van der Waals surface area contributed by atoms with E-state index in [0.717, 1.165) is 0 Å². The molecular formula is C2H8NNaO3P. The van der Waals surface area contributed by atoms with Crippen LogP contribution in [0.25, 0.3) is 0 Å². The molecule has 0 fully saturated rings. The van der Waals surface area contributed by atoms with Gasteiger partial charge in [0, 0.05) is 43.8 Å². The Morgan fingerprint density at radius 2 is 1.62 bits per heavy atom. The van der Waals surface area contributed by atoms with E-state index in [9.17, 15) is 4.57 Å². The first-order valence-corrected chi connectivity index (χ1v) is 3.23. The molecule has 45 valence electrons. The van der Waals surface area contributed by atoms with Gasteiger partial charge in [-0.05, 0) is 0 Å². The van der Waals surface area contributed by atoms with Gasteiger partial charge in [-0.25, -0.2) is 10.1 Å². The Morgan fingerprint density at radius 1 is 1.38 bits per heavy atom. The fraction of sp³-hybridized carbons (Fsp3) is 1.00. The smallest absolute Gasteiger partial charge is 0.300 e. The second-order valence-electron chi connectivity index (χ2n) is 0.905. The Hall–Kier alpha value is 1.11. The minimum Gasteiger partial charge on any atom is -0.300 e. The minimum absolute atomic E-state index is 0. The maximum Gasteiger partial charge on any atom is 0.402 e. The summed E-state index contributed by atoms with van der Waals surface area (Å²) in [5, 5.41) is 0. The molecule has 1 radical (unpaired) electrons. The van der Waals surface area contributed by atoms with E-state index in [1.165, 1.54) is 14.2 Å². The molecule has 0 aliphatic carbocycles. The monoisotopic (exact) mass is 148 g/mol. The van der Waals surface area contributed by atoms with Gasteiger partial charge in [-0.15, -0.1) is 0 Å². The molecule has 0 spiro atoms. The van der Waals surface area contributed by atoms with Crippen LogP contribution >= 0.6 is 7.75 Å². The first kappa shape index (κ1) is 11.9. The van der Waals surface area contributed by atoms with Crippen molar-refractivity contribution >= 4 is 37.3 Å². The summed E-state index contributed by atoms with van der Waals surface area (Å²) >= 11 is 0. The number of hydrogen-bond donors (Lipinski definition) is 1. The van der Waals surface area contributed by atoms with Gasteiger partial charge in [0.15, 0.2) is 0 Å². The van der Waals surface area contributed by atoms with Gasteiger partial charge in [-0.3, -0.25) is 0 Å². The molecule has 0 rings (SSSR count). The predicted molar refractivity (Wildman–Crippen MR) is 31.6 cm³/mol. The summed E-state index contributed by atoms with van der Waals surface area (Å²) in [6.45, 7) is 0. The van der Waals surface area contributed by atoms with Gasteiger partial charge < -0.3 is 9.05 Å². The molecule has 0 atom stereocenters. The second-order valence-corrected chi connectivity index (χ2v) is 2.71. The average molecular weight is 148 g/mol. The molecule has 0 heterocycles. The predicted octanol–water partition coefficient (Wildman–Crippen LogP) is -0.0348. The molecule has 8 heavy (non-hydrogen) atoms. The fourth-order valence-corrected chi connectivity index (χ4v) is 0.224. The molecule has 0 bridgehead atoms. The minimum atomic E-state index is -3.15. The van der Waals surface area contributed by atoms with E-state index >= 15 is 0 Å². The van der Waals surface area contributed by atoms with Crippen LogP contribution < -0.4 is 5.50 Å². The molecule has 0 aromatic rings. The van der Waals surface area contributed by atoms with Crippen LogP contribution in [0.2, 0.25) is 0 Å². The molecule has 0 amide bonds. The summed E-state index contributed by atoms with van der Waals surface area (Å²) < 4.78 is 18.7. The van der Waals surface area contributed by atoms with Crippen LogP contribution in [0.4, 0.5) is 0 Å². The Bertz CT molecular complexity index is 89.3. The average Bonchev–Trinajstić information content (AvgIpc) is 1.68. The summed E-state index contributed by atoms with van der Waals surface area (Å²) in [5.41, 5.74) is 4.83. The standard InChI is InChI=1S/C2H8NO3P.Na/c1-5-7(3,4)6-2;/h1-2H3,(H2,3,4);. The number of hydrogen-bond acceptors (Lipinski definition) is 3. The van der Waals surface area contributed by atoms with Crippen molar-refractivity contribution < 1.29 is 13.6 Å². The van der Waals surface area contributed by atoms with Crippen LogP contribution in [0, 0.1) is 0 Å². The number of nitrogens with two attached hydrogens (primary N) is 1. The van der Waals surface area contributed by atoms with Crippen molar-refractivity contribution in [1.29, 1.82) is 0 Å². The molecule has 0 saturated carbocycles. The van der Waals surface area contributed by atoms with Crippen LogP contribution in [0.3, 0.4) is 0 Å². The van der Waals surface area contributed by atoms with Gasteiger partial charge in [0.05, 0.1) is 0 Å². The van der Waals surface area contributed by atoms with Crippen LogP contribution in [0.5, 0.6) is 0 Å². The number of rotatable bonds is 2. The van der Waals surface area contributed by atoms with Crippen LogP contribution in [-0.2, 0) is 13.6 Å². The van der Waals surface area contributed by atoms with E-state index in [4.69, 9.17) is 5.50 Å². The zero-order chi connectivity index (χ0) is 5.91. The van der Waals surface area contributed by atoms with Crippen molar-refractivity contribution in [1.82, 2.24) is 0 Å². The van der Waals surface area contributed by atoms with E-state index in [1.807, 2.05) is 0 Å². The van der Waals surface area contributed by atoms with E-state index in [2.05, 4.69) is 9.05 Å². The summed E-state index contributed by atoms with van der Waals surface area (Å²) in [5.74, 6) is 0. The van der Waals surface area contributed by atoms with Crippen molar-refractivity contribution in [3.05, 3.63) is 0 Å². The quantitative estimate of drug-likeness (QED) is 0.441. The Labute approximate surface area is 70.6 Å². The first-order chi connectivity index (χ1) is 3.12. The molecule has 6 heteroatoms. The van der Waals surface area contributed by atoms with E-state index in [-0.39, 0.29) is 29.6 Å². The maximum absolute atomic E-state index is 10.3. The largest absolute Gasteiger partial charge is 0.402 e. The van der Waals surface area contributed by atoms with Gasteiger partial charge >= 0.3 is 7.75 Å². The molecule has 4 nitrogen and oxygen atoms in total. The summed E-state index contributed by atoms with van der Waals surface area (Å²) in [6.07, 6.45) is 0. The zero-order valence-corrected chi connectivity index (χ0v) is 8.14. The maximum atomic E-state index is 10.3. The van der Waals surface area contributed by atoms with Gasteiger partial charge in [-0.2, -0.15) is 0 Å². The van der Waals surface area contributed by atoms with Gasteiger partial charge in [0.1, 0.15) is 0 Å². The Morgan fingerprint density at radius 3 is 1.62 bits per heavy atom. The molecule has 0 aromatic carbocycles. The van der Waals surface area contributed by atoms with Crippen molar-refractivity contribution in [2.75, 3.05) is 14.2 Å². The third kappa shape index (κ3) is 5.25. The summed E-state index contributed by atoms with van der Waals surface area (Å²) in [7, 11) is -0.701. The van der Waals surface area contributed by atoms with Gasteiger partial charge in [-0.1, -0.05) is 0 Å². The van der Waals surface area contributed by atoms with E-state index in [1.54, 1.807) is 0 Å². The van der Waals surface area contributed by atoms with Gasteiger partial charge in [0.2, 0.25) is 0 Å². The molecule has 0 saturated heterocycles. The molecule has 0 aromatic heterocycles. The summed E-state index contributed by atoms with van der Waals surface area (Å²) in [6, 6.07) is 0. The van der Waals surface area contributed by atoms with Crippen LogP contribution in [0.1, 0.15) is 0 Å². The van der Waals surface area contributed by atoms with Crippen molar-refractivity contribution in [3.8, 4) is 0 Å². The second kappa shape index (κ2) is 4.94. The normalized spacial score (nSPS) is 10.4. The van der Waals surface area contributed by atoms with Crippen LogP contribution in [0.15, 0.2) is 0 Å². The molecule has 0 unspecified atom stereocenters. The van der Waals surface area contributed by atoms with E-state index in [0.29, 0.717) is 0 Å². The van der Waals surface area contributed by atoms with Crippen LogP contribution in [-0.4, -0.2) is 43.8 Å². The first-order valence-electron chi connectivity index (χ1n) is 1.62. The fourth-order valence-electron chi connectivity index (χ4n) is 0.0745. The SMILES string of the molecule is COP(N)(=O)OC.[Na]. The Kier molecular flexibility index (Phi) is 7.32. The molecular weight excluding hydrogens is 140 g/mol. The zero-order valence-electron chi connectivity index (χ0n) is 5.25.